The molecule has 3 aromatic rings. The van der Waals surface area contributed by atoms with Gasteiger partial charge >= 0.3 is 0 Å². The van der Waals surface area contributed by atoms with Crippen molar-refractivity contribution in [1.29, 1.82) is 0 Å². The van der Waals surface area contributed by atoms with Crippen LogP contribution in [0.15, 0.2) is 29.4 Å². The fraction of sp³-hybridized carbons (Fsp3) is 0.350. The van der Waals surface area contributed by atoms with Crippen LogP contribution in [0.3, 0.4) is 0 Å². The summed E-state index contributed by atoms with van der Waals surface area (Å²) in [6.07, 6.45) is 1.18. The third-order valence-corrected chi connectivity index (χ3v) is 5.56. The highest BCUT2D eigenvalue weighted by Crippen LogP contribution is 2.35. The molecule has 1 amide bonds. The van der Waals surface area contributed by atoms with Crippen molar-refractivity contribution >= 4 is 40.4 Å². The Morgan fingerprint density at radius 3 is 2.79 bits per heavy atom. The minimum absolute atomic E-state index is 0.0714. The maximum atomic E-state index is 12.4. The zero-order valence-corrected chi connectivity index (χ0v) is 16.8. The van der Waals surface area contributed by atoms with Gasteiger partial charge in [-0.05, 0) is 30.9 Å². The molecule has 0 fully saturated rings. The highest BCUT2D eigenvalue weighted by atomic mass is 32.2. The zero-order chi connectivity index (χ0) is 19.9. The van der Waals surface area contributed by atoms with Crippen molar-refractivity contribution in [2.75, 3.05) is 11.1 Å². The molecule has 0 aliphatic heterocycles. The van der Waals surface area contributed by atoms with E-state index < -0.39 is 0 Å². The van der Waals surface area contributed by atoms with E-state index in [-0.39, 0.29) is 28.8 Å². The number of imidazole rings is 1. The Labute approximate surface area is 166 Å². The third-order valence-electron chi connectivity index (χ3n) is 4.69. The number of aromatic nitrogens is 4. The van der Waals surface area contributed by atoms with Crippen molar-refractivity contribution in [3.63, 3.8) is 0 Å². The van der Waals surface area contributed by atoms with E-state index in [1.54, 1.807) is 6.92 Å². The van der Waals surface area contributed by atoms with Gasteiger partial charge in [-0.15, -0.1) is 0 Å². The van der Waals surface area contributed by atoms with Gasteiger partial charge in [0.05, 0.1) is 33.7 Å². The van der Waals surface area contributed by atoms with E-state index >= 15 is 0 Å². The molecule has 28 heavy (non-hydrogen) atoms. The molecule has 1 aliphatic carbocycles. The van der Waals surface area contributed by atoms with Crippen LogP contribution in [-0.2, 0) is 11.2 Å². The summed E-state index contributed by atoms with van der Waals surface area (Å²) in [5.74, 6) is 0.286. The van der Waals surface area contributed by atoms with Gasteiger partial charge in [0.1, 0.15) is 0 Å². The Kier molecular flexibility index (Phi) is 4.66. The third kappa shape index (κ3) is 3.77. The van der Waals surface area contributed by atoms with Crippen LogP contribution < -0.4 is 5.32 Å². The number of rotatable bonds is 4. The summed E-state index contributed by atoms with van der Waals surface area (Å²) in [6.45, 7) is 5.89. The minimum atomic E-state index is -0.216. The Hall–Kier alpha value is -2.74. The maximum Gasteiger partial charge on any atom is 0.237 e. The summed E-state index contributed by atoms with van der Waals surface area (Å²) in [5.41, 5.74) is 3.61. The number of hydrogen-bond acceptors (Lipinski definition) is 6. The number of H-pyrrole nitrogens is 1. The van der Waals surface area contributed by atoms with Gasteiger partial charge in [-0.1, -0.05) is 37.7 Å². The number of carbonyl (C=O) groups is 2. The molecule has 2 heterocycles. The van der Waals surface area contributed by atoms with Crippen LogP contribution in [0.1, 0.15) is 42.0 Å². The maximum absolute atomic E-state index is 12.4. The molecular formula is C20H21N5O2S. The molecule has 0 saturated heterocycles. The number of para-hydroxylation sites is 2. The van der Waals surface area contributed by atoms with Crippen LogP contribution in [0.25, 0.3) is 11.0 Å². The highest BCUT2D eigenvalue weighted by molar-refractivity contribution is 7.99. The molecule has 1 aromatic carbocycles. The second-order valence-corrected chi connectivity index (χ2v) is 8.76. The fourth-order valence-electron chi connectivity index (χ4n) is 3.51. The highest BCUT2D eigenvalue weighted by Gasteiger charge is 2.33. The molecule has 0 saturated carbocycles. The Morgan fingerprint density at radius 1 is 1.21 bits per heavy atom. The molecule has 0 spiro atoms. The molecule has 0 bridgehead atoms. The number of nitrogens with zero attached hydrogens (tertiary/aromatic N) is 3. The topological polar surface area (TPSA) is 101 Å². The van der Waals surface area contributed by atoms with Gasteiger partial charge in [0.2, 0.25) is 11.9 Å². The molecule has 7 nitrogen and oxygen atoms in total. The van der Waals surface area contributed by atoms with Gasteiger partial charge in [0, 0.05) is 6.42 Å². The number of fused-ring (bicyclic) bond motifs is 2. The van der Waals surface area contributed by atoms with Gasteiger partial charge in [0.15, 0.2) is 10.9 Å². The van der Waals surface area contributed by atoms with E-state index in [0.717, 1.165) is 11.0 Å². The first-order chi connectivity index (χ1) is 13.3. The van der Waals surface area contributed by atoms with Crippen molar-refractivity contribution < 1.29 is 9.59 Å². The summed E-state index contributed by atoms with van der Waals surface area (Å²) in [7, 11) is 0. The van der Waals surface area contributed by atoms with E-state index in [9.17, 15) is 9.59 Å². The lowest BCUT2D eigenvalue weighted by Crippen LogP contribution is -2.30. The standard InChI is InChI=1S/C20H21N5O2S/c1-11-17-14(8-20(2,3)9-15(17)26)22-18(21-11)25-16(27)10-28-19-23-12-6-4-5-7-13(12)24-19/h4-7H,8-10H2,1-3H3,(H,23,24)(H,21,22,25,27). The van der Waals surface area contributed by atoms with E-state index in [0.29, 0.717) is 34.9 Å². The number of carbonyl (C=O) groups excluding carboxylic acids is 2. The number of aromatic amines is 1. The summed E-state index contributed by atoms with van der Waals surface area (Å²) in [5, 5.41) is 3.43. The number of benzene rings is 1. The number of thioether (sulfide) groups is 1. The Bertz CT molecular complexity index is 1060. The first kappa shape index (κ1) is 18.6. The number of hydrogen-bond donors (Lipinski definition) is 2. The molecule has 2 N–H and O–H groups in total. The molecular weight excluding hydrogens is 374 g/mol. The molecule has 144 valence electrons. The molecule has 4 rings (SSSR count). The van der Waals surface area contributed by atoms with Gasteiger partial charge in [-0.3, -0.25) is 14.9 Å². The average Bonchev–Trinajstić information content (AvgIpc) is 3.01. The van der Waals surface area contributed by atoms with Gasteiger partial charge in [-0.25, -0.2) is 15.0 Å². The van der Waals surface area contributed by atoms with Crippen LogP contribution >= 0.6 is 11.8 Å². The molecule has 0 unspecified atom stereocenters. The lowest BCUT2D eigenvalue weighted by molar-refractivity contribution is -0.113. The van der Waals surface area contributed by atoms with Crippen molar-refractivity contribution in [3.8, 4) is 0 Å². The molecule has 0 atom stereocenters. The van der Waals surface area contributed by atoms with Crippen LogP contribution in [0.5, 0.6) is 0 Å². The second kappa shape index (κ2) is 7.01. The minimum Gasteiger partial charge on any atom is -0.333 e. The van der Waals surface area contributed by atoms with Gasteiger partial charge in [0.25, 0.3) is 0 Å². The molecule has 0 radical (unpaired) electrons. The smallest absolute Gasteiger partial charge is 0.237 e. The van der Waals surface area contributed by atoms with Crippen molar-refractivity contribution in [2.45, 2.75) is 38.8 Å². The van der Waals surface area contributed by atoms with E-state index in [2.05, 4.69) is 25.3 Å². The lowest BCUT2D eigenvalue weighted by Gasteiger charge is -2.30. The van der Waals surface area contributed by atoms with Crippen molar-refractivity contribution in [1.82, 2.24) is 19.9 Å². The van der Waals surface area contributed by atoms with Gasteiger partial charge < -0.3 is 4.98 Å². The normalized spacial score (nSPS) is 15.5. The monoisotopic (exact) mass is 395 g/mol. The van der Waals surface area contributed by atoms with Gasteiger partial charge in [-0.2, -0.15) is 0 Å². The second-order valence-electron chi connectivity index (χ2n) is 7.79. The molecule has 8 heteroatoms. The quantitative estimate of drug-likeness (QED) is 0.655. The van der Waals surface area contributed by atoms with Crippen LogP contribution in [0, 0.1) is 12.3 Å². The van der Waals surface area contributed by atoms with Crippen molar-refractivity contribution in [3.05, 3.63) is 41.2 Å². The van der Waals surface area contributed by atoms with E-state index in [4.69, 9.17) is 0 Å². The fourth-order valence-corrected chi connectivity index (χ4v) is 4.20. The SMILES string of the molecule is Cc1nc(NC(=O)CSc2nc3ccccc3[nH]2)nc2c1C(=O)CC(C)(C)C2. The van der Waals surface area contributed by atoms with E-state index in [1.165, 1.54) is 11.8 Å². The van der Waals surface area contributed by atoms with Crippen molar-refractivity contribution in [2.24, 2.45) is 5.41 Å². The summed E-state index contributed by atoms with van der Waals surface area (Å²) >= 11 is 1.32. The summed E-state index contributed by atoms with van der Waals surface area (Å²) in [4.78, 5) is 41.2. The number of amides is 1. The number of aryl methyl sites for hydroxylation is 1. The number of nitrogens with one attached hydrogen (secondary N) is 2. The number of ketones is 1. The Balaban J connectivity index is 1.46. The van der Waals surface area contributed by atoms with Crippen LogP contribution in [0.4, 0.5) is 5.95 Å². The van der Waals surface area contributed by atoms with E-state index in [1.807, 2.05) is 38.1 Å². The summed E-state index contributed by atoms with van der Waals surface area (Å²) < 4.78 is 0. The predicted octanol–water partition coefficient (Wildman–Crippen LogP) is 3.55. The number of Topliss-reactive ketones (excluding diaryl/α,β-unsaturated/α-hetero) is 1. The molecule has 2 aromatic heterocycles. The largest absolute Gasteiger partial charge is 0.333 e. The first-order valence-electron chi connectivity index (χ1n) is 9.09. The summed E-state index contributed by atoms with van der Waals surface area (Å²) in [6, 6.07) is 7.72. The zero-order valence-electron chi connectivity index (χ0n) is 16.0. The lowest BCUT2D eigenvalue weighted by atomic mass is 9.75. The average molecular weight is 395 g/mol. The van der Waals surface area contributed by atoms with Crippen LogP contribution in [-0.4, -0.2) is 37.4 Å². The number of anilines is 1. The molecule has 1 aliphatic rings. The predicted molar refractivity (Wildman–Crippen MR) is 109 cm³/mol. The first-order valence-corrected chi connectivity index (χ1v) is 10.1. The Morgan fingerprint density at radius 2 is 2.00 bits per heavy atom. The van der Waals surface area contributed by atoms with Crippen LogP contribution in [0.2, 0.25) is 0 Å².